The van der Waals surface area contributed by atoms with Crippen LogP contribution in [0.15, 0.2) is 12.2 Å². The van der Waals surface area contributed by atoms with Gasteiger partial charge >= 0.3 is 0 Å². The van der Waals surface area contributed by atoms with E-state index >= 15 is 0 Å². The van der Waals surface area contributed by atoms with Crippen LogP contribution in [0.3, 0.4) is 0 Å². The Balaban J connectivity index is 3.28. The zero-order chi connectivity index (χ0) is 8.04. The summed E-state index contributed by atoms with van der Waals surface area (Å²) in [5.41, 5.74) is -0.0268. The van der Waals surface area contributed by atoms with E-state index in [1.54, 1.807) is 0 Å². The Kier molecular flexibility index (Phi) is 4.83. The lowest BCUT2D eigenvalue weighted by Gasteiger charge is -2.17. The summed E-state index contributed by atoms with van der Waals surface area (Å²) >= 11 is 4.02. The van der Waals surface area contributed by atoms with Crippen LogP contribution in [0.5, 0.6) is 0 Å². The van der Waals surface area contributed by atoms with Crippen LogP contribution in [0, 0.1) is 0 Å². The van der Waals surface area contributed by atoms with Crippen molar-refractivity contribution in [3.8, 4) is 0 Å². The summed E-state index contributed by atoms with van der Waals surface area (Å²) in [7, 11) is 0. The van der Waals surface area contributed by atoms with E-state index < -0.39 is 0 Å². The van der Waals surface area contributed by atoms with E-state index in [0.717, 1.165) is 5.75 Å². The van der Waals surface area contributed by atoms with Crippen molar-refractivity contribution in [2.45, 2.75) is 26.4 Å². The van der Waals surface area contributed by atoms with Crippen molar-refractivity contribution in [1.82, 2.24) is 0 Å². The van der Waals surface area contributed by atoms with Gasteiger partial charge in [-0.2, -0.15) is 12.6 Å². The van der Waals surface area contributed by atoms with Crippen molar-refractivity contribution in [2.75, 3.05) is 12.4 Å². The van der Waals surface area contributed by atoms with Crippen LogP contribution in [-0.4, -0.2) is 18.0 Å². The minimum Gasteiger partial charge on any atom is -0.372 e. The van der Waals surface area contributed by atoms with Crippen LogP contribution in [0.25, 0.3) is 0 Å². The van der Waals surface area contributed by atoms with Crippen molar-refractivity contribution in [1.29, 1.82) is 0 Å². The molecule has 0 rings (SSSR count). The molecule has 0 aromatic rings. The summed E-state index contributed by atoms with van der Waals surface area (Å²) < 4.78 is 5.41. The highest BCUT2D eigenvalue weighted by atomic mass is 32.1. The van der Waals surface area contributed by atoms with E-state index in [0.29, 0.717) is 6.61 Å². The molecule has 0 atom stereocenters. The van der Waals surface area contributed by atoms with Crippen LogP contribution in [0.2, 0.25) is 0 Å². The molecule has 0 spiro atoms. The van der Waals surface area contributed by atoms with Gasteiger partial charge in [-0.3, -0.25) is 0 Å². The van der Waals surface area contributed by atoms with Gasteiger partial charge in [0.25, 0.3) is 0 Å². The Morgan fingerprint density at radius 1 is 1.30 bits per heavy atom. The summed E-state index contributed by atoms with van der Waals surface area (Å²) in [6, 6.07) is 0. The molecule has 0 bridgehead atoms. The molecule has 0 amide bonds. The van der Waals surface area contributed by atoms with E-state index in [1.807, 2.05) is 32.9 Å². The molecule has 0 fully saturated rings. The molecule has 0 saturated carbocycles. The number of ether oxygens (including phenoxy) is 1. The summed E-state index contributed by atoms with van der Waals surface area (Å²) in [4.78, 5) is 0. The van der Waals surface area contributed by atoms with Crippen LogP contribution < -0.4 is 0 Å². The molecule has 0 radical (unpaired) electrons. The van der Waals surface area contributed by atoms with E-state index in [4.69, 9.17) is 4.74 Å². The SMILES string of the molecule is CC(C)(C)OC/C=C/CS. The van der Waals surface area contributed by atoms with Gasteiger partial charge in [0.15, 0.2) is 0 Å². The molecule has 0 aromatic heterocycles. The quantitative estimate of drug-likeness (QED) is 0.492. The minimum atomic E-state index is -0.0268. The third kappa shape index (κ3) is 8.05. The predicted molar refractivity (Wildman–Crippen MR) is 48.7 cm³/mol. The lowest BCUT2D eigenvalue weighted by Crippen LogP contribution is -2.18. The zero-order valence-corrected chi connectivity index (χ0v) is 7.82. The van der Waals surface area contributed by atoms with E-state index in [9.17, 15) is 0 Å². The highest BCUT2D eigenvalue weighted by molar-refractivity contribution is 7.80. The number of hydrogen-bond acceptors (Lipinski definition) is 2. The van der Waals surface area contributed by atoms with Gasteiger partial charge in [0, 0.05) is 5.75 Å². The molecule has 2 heteroatoms. The molecular weight excluding hydrogens is 144 g/mol. The topological polar surface area (TPSA) is 9.23 Å². The number of rotatable bonds is 3. The van der Waals surface area contributed by atoms with Gasteiger partial charge < -0.3 is 4.74 Å². The summed E-state index contributed by atoms with van der Waals surface area (Å²) in [6.07, 6.45) is 3.97. The molecular formula is C8H16OS. The van der Waals surface area contributed by atoms with Gasteiger partial charge in [-0.05, 0) is 20.8 Å². The standard InChI is InChI=1S/C8H16OS/c1-8(2,3)9-6-4-5-7-10/h4-5,10H,6-7H2,1-3H3/b5-4+. The molecule has 0 N–H and O–H groups in total. The molecule has 0 aromatic carbocycles. The predicted octanol–water partition coefficient (Wildman–Crippen LogP) is 2.29. The lowest BCUT2D eigenvalue weighted by atomic mass is 10.2. The maximum atomic E-state index is 5.41. The van der Waals surface area contributed by atoms with Gasteiger partial charge in [-0.1, -0.05) is 12.2 Å². The first-order valence-corrected chi connectivity index (χ1v) is 4.09. The molecule has 0 heterocycles. The van der Waals surface area contributed by atoms with Crippen molar-refractivity contribution in [3.63, 3.8) is 0 Å². The molecule has 0 aliphatic heterocycles. The van der Waals surface area contributed by atoms with Crippen LogP contribution in [-0.2, 0) is 4.74 Å². The van der Waals surface area contributed by atoms with Gasteiger partial charge in [0.1, 0.15) is 0 Å². The molecule has 1 nitrogen and oxygen atoms in total. The van der Waals surface area contributed by atoms with Gasteiger partial charge in [-0.25, -0.2) is 0 Å². The number of thiol groups is 1. The summed E-state index contributed by atoms with van der Waals surface area (Å²) in [6.45, 7) is 6.81. The second-order valence-electron chi connectivity index (χ2n) is 3.08. The average Bonchev–Trinajstić information content (AvgIpc) is 1.78. The Morgan fingerprint density at radius 2 is 1.90 bits per heavy atom. The second kappa shape index (κ2) is 4.80. The van der Waals surface area contributed by atoms with Crippen molar-refractivity contribution in [2.24, 2.45) is 0 Å². The Bertz CT molecular complexity index is 102. The van der Waals surface area contributed by atoms with Crippen molar-refractivity contribution in [3.05, 3.63) is 12.2 Å². The first kappa shape index (κ1) is 10.0. The molecule has 0 aliphatic rings. The molecule has 0 unspecified atom stereocenters. The van der Waals surface area contributed by atoms with Crippen LogP contribution in [0.4, 0.5) is 0 Å². The first-order valence-electron chi connectivity index (χ1n) is 3.46. The first-order chi connectivity index (χ1) is 4.56. The fourth-order valence-electron chi connectivity index (χ4n) is 0.441. The largest absolute Gasteiger partial charge is 0.372 e. The van der Waals surface area contributed by atoms with E-state index in [2.05, 4.69) is 12.6 Å². The van der Waals surface area contributed by atoms with Gasteiger partial charge in [0.05, 0.1) is 12.2 Å². The minimum absolute atomic E-state index is 0.0268. The molecule has 0 saturated heterocycles. The van der Waals surface area contributed by atoms with Crippen molar-refractivity contribution >= 4 is 12.6 Å². The Hall–Kier alpha value is 0.0500. The highest BCUT2D eigenvalue weighted by Gasteiger charge is 2.07. The summed E-state index contributed by atoms with van der Waals surface area (Å²) in [5, 5.41) is 0. The monoisotopic (exact) mass is 160 g/mol. The van der Waals surface area contributed by atoms with E-state index in [-0.39, 0.29) is 5.60 Å². The van der Waals surface area contributed by atoms with Gasteiger partial charge in [-0.15, -0.1) is 0 Å². The van der Waals surface area contributed by atoms with Crippen LogP contribution >= 0.6 is 12.6 Å². The van der Waals surface area contributed by atoms with Crippen molar-refractivity contribution < 1.29 is 4.74 Å². The zero-order valence-electron chi connectivity index (χ0n) is 6.92. The normalized spacial score (nSPS) is 12.8. The molecule has 10 heavy (non-hydrogen) atoms. The third-order valence-corrected chi connectivity index (χ3v) is 1.10. The summed E-state index contributed by atoms with van der Waals surface area (Å²) in [5.74, 6) is 0.785. The maximum Gasteiger partial charge on any atom is 0.0654 e. The fraction of sp³-hybridized carbons (Fsp3) is 0.750. The third-order valence-electron chi connectivity index (χ3n) is 0.885. The van der Waals surface area contributed by atoms with E-state index in [1.165, 1.54) is 0 Å². The second-order valence-corrected chi connectivity index (χ2v) is 3.44. The highest BCUT2D eigenvalue weighted by Crippen LogP contribution is 2.05. The molecule has 60 valence electrons. The fourth-order valence-corrected chi connectivity index (χ4v) is 0.590. The van der Waals surface area contributed by atoms with Crippen LogP contribution in [0.1, 0.15) is 20.8 Å². The lowest BCUT2D eigenvalue weighted by molar-refractivity contribution is 0.0149. The smallest absolute Gasteiger partial charge is 0.0654 e. The molecule has 0 aliphatic carbocycles. The average molecular weight is 160 g/mol. The Morgan fingerprint density at radius 3 is 2.30 bits per heavy atom. The Labute approximate surface area is 68.9 Å². The maximum absolute atomic E-state index is 5.41. The number of hydrogen-bond donors (Lipinski definition) is 1. The van der Waals surface area contributed by atoms with Gasteiger partial charge in [0.2, 0.25) is 0 Å².